The van der Waals surface area contributed by atoms with Gasteiger partial charge in [-0.3, -0.25) is 9.48 Å². The van der Waals surface area contributed by atoms with Gasteiger partial charge in [-0.15, -0.1) is 0 Å². The van der Waals surface area contributed by atoms with Crippen molar-refractivity contribution in [3.8, 4) is 17.0 Å². The molecule has 0 bridgehead atoms. The first-order chi connectivity index (χ1) is 13.0. The first-order valence-electron chi connectivity index (χ1n) is 8.74. The Morgan fingerprint density at radius 2 is 1.93 bits per heavy atom. The fourth-order valence-electron chi connectivity index (χ4n) is 2.93. The highest BCUT2D eigenvalue weighted by Crippen LogP contribution is 2.27. The van der Waals surface area contributed by atoms with Crippen LogP contribution in [0.25, 0.3) is 11.3 Å². The summed E-state index contributed by atoms with van der Waals surface area (Å²) in [6.07, 6.45) is 0. The second-order valence-corrected chi connectivity index (χ2v) is 6.22. The molecule has 0 spiro atoms. The van der Waals surface area contributed by atoms with Crippen molar-refractivity contribution in [3.05, 3.63) is 71.7 Å². The molecule has 0 saturated carbocycles. The summed E-state index contributed by atoms with van der Waals surface area (Å²) >= 11 is 0. The number of benzene rings is 2. The fourth-order valence-corrected chi connectivity index (χ4v) is 2.93. The van der Waals surface area contributed by atoms with Gasteiger partial charge in [0.05, 0.1) is 12.8 Å². The summed E-state index contributed by atoms with van der Waals surface area (Å²) in [4.78, 5) is 14.4. The molecule has 0 unspecified atom stereocenters. The zero-order valence-electron chi connectivity index (χ0n) is 15.6. The second kappa shape index (κ2) is 8.03. The minimum Gasteiger partial charge on any atom is -0.497 e. The molecule has 3 aromatic rings. The van der Waals surface area contributed by atoms with E-state index in [9.17, 15) is 9.18 Å². The van der Waals surface area contributed by atoms with Gasteiger partial charge < -0.3 is 9.64 Å². The van der Waals surface area contributed by atoms with Gasteiger partial charge in [0.25, 0.3) is 5.91 Å². The van der Waals surface area contributed by atoms with Crippen molar-refractivity contribution >= 4 is 5.91 Å². The molecule has 1 heterocycles. The number of hydrogen-bond donors (Lipinski definition) is 0. The van der Waals surface area contributed by atoms with E-state index < -0.39 is 5.82 Å². The molecule has 6 heteroatoms. The van der Waals surface area contributed by atoms with Gasteiger partial charge in [0, 0.05) is 31.8 Å². The van der Waals surface area contributed by atoms with Crippen LogP contribution in [0.1, 0.15) is 23.0 Å². The summed E-state index contributed by atoms with van der Waals surface area (Å²) in [5, 5.41) is 4.38. The van der Waals surface area contributed by atoms with E-state index in [1.54, 1.807) is 34.8 Å². The van der Waals surface area contributed by atoms with Crippen LogP contribution in [0.2, 0.25) is 0 Å². The van der Waals surface area contributed by atoms with Crippen molar-refractivity contribution in [2.24, 2.45) is 0 Å². The van der Waals surface area contributed by atoms with Gasteiger partial charge in [-0.1, -0.05) is 30.3 Å². The predicted octanol–water partition coefficient (Wildman–Crippen LogP) is 3.99. The zero-order chi connectivity index (χ0) is 19.4. The van der Waals surface area contributed by atoms with Crippen molar-refractivity contribution < 1.29 is 13.9 Å². The number of carbonyl (C=O) groups is 1. The second-order valence-electron chi connectivity index (χ2n) is 6.22. The maximum atomic E-state index is 14.5. The molecule has 5 nitrogen and oxygen atoms in total. The van der Waals surface area contributed by atoms with E-state index >= 15 is 0 Å². The summed E-state index contributed by atoms with van der Waals surface area (Å²) < 4.78 is 21.2. The number of halogens is 1. The molecule has 0 radical (unpaired) electrons. The number of aromatic nitrogens is 2. The third-order valence-electron chi connectivity index (χ3n) is 4.36. The van der Waals surface area contributed by atoms with Crippen LogP contribution in [-0.4, -0.2) is 34.7 Å². The average Bonchev–Trinajstić information content (AvgIpc) is 3.12. The Balaban J connectivity index is 1.88. The molecule has 27 heavy (non-hydrogen) atoms. The van der Waals surface area contributed by atoms with Gasteiger partial charge in [-0.25, -0.2) is 4.39 Å². The van der Waals surface area contributed by atoms with E-state index in [1.807, 2.05) is 37.3 Å². The smallest absolute Gasteiger partial charge is 0.274 e. The van der Waals surface area contributed by atoms with Crippen molar-refractivity contribution in [1.82, 2.24) is 14.7 Å². The van der Waals surface area contributed by atoms with Crippen molar-refractivity contribution in [1.29, 1.82) is 0 Å². The zero-order valence-corrected chi connectivity index (χ0v) is 15.6. The van der Waals surface area contributed by atoms with Gasteiger partial charge in [0.2, 0.25) is 0 Å². The third kappa shape index (κ3) is 4.00. The molecule has 2 aromatic carbocycles. The first kappa shape index (κ1) is 18.6. The van der Waals surface area contributed by atoms with Crippen LogP contribution >= 0.6 is 0 Å². The summed E-state index contributed by atoms with van der Waals surface area (Å²) in [6.45, 7) is 2.90. The minimum absolute atomic E-state index is 0.207. The SMILES string of the molecule is CCn1nc(C(=O)N(C)Cc2ccccc2)cc1-c1ccc(OC)cc1F. The van der Waals surface area contributed by atoms with Crippen LogP contribution in [0.3, 0.4) is 0 Å². The first-order valence-corrected chi connectivity index (χ1v) is 8.74. The van der Waals surface area contributed by atoms with Crippen molar-refractivity contribution in [2.45, 2.75) is 20.0 Å². The maximum absolute atomic E-state index is 14.5. The number of rotatable bonds is 6. The lowest BCUT2D eigenvalue weighted by Gasteiger charge is -2.15. The number of nitrogens with zero attached hydrogens (tertiary/aromatic N) is 3. The minimum atomic E-state index is -0.416. The summed E-state index contributed by atoms with van der Waals surface area (Å²) in [6, 6.07) is 16.0. The highest BCUT2D eigenvalue weighted by molar-refractivity contribution is 5.93. The molecule has 3 rings (SSSR count). The molecule has 0 saturated heterocycles. The van der Waals surface area contributed by atoms with Crippen LogP contribution in [0.5, 0.6) is 5.75 Å². The number of amides is 1. The van der Waals surface area contributed by atoms with E-state index in [1.165, 1.54) is 13.2 Å². The maximum Gasteiger partial charge on any atom is 0.274 e. The Morgan fingerprint density at radius 1 is 1.19 bits per heavy atom. The number of methoxy groups -OCH3 is 1. The van der Waals surface area contributed by atoms with E-state index in [0.29, 0.717) is 35.8 Å². The number of aryl methyl sites for hydroxylation is 1. The van der Waals surface area contributed by atoms with E-state index in [0.717, 1.165) is 5.56 Å². The number of carbonyl (C=O) groups excluding carboxylic acids is 1. The summed E-state index contributed by atoms with van der Waals surface area (Å²) in [7, 11) is 3.22. The van der Waals surface area contributed by atoms with E-state index in [4.69, 9.17) is 4.74 Å². The van der Waals surface area contributed by atoms with Crippen LogP contribution in [0, 0.1) is 5.82 Å². The lowest BCUT2D eigenvalue weighted by Crippen LogP contribution is -2.26. The van der Waals surface area contributed by atoms with Gasteiger partial charge >= 0.3 is 0 Å². The molecule has 0 aliphatic heterocycles. The summed E-state index contributed by atoms with van der Waals surface area (Å²) in [5.41, 5.74) is 2.27. The number of ether oxygens (including phenoxy) is 1. The van der Waals surface area contributed by atoms with Gasteiger partial charge in [0.15, 0.2) is 5.69 Å². The molecule has 0 fully saturated rings. The molecule has 0 N–H and O–H groups in total. The normalized spacial score (nSPS) is 10.7. The van der Waals surface area contributed by atoms with Gasteiger partial charge in [0.1, 0.15) is 11.6 Å². The lowest BCUT2D eigenvalue weighted by molar-refractivity contribution is 0.0778. The van der Waals surface area contributed by atoms with E-state index in [-0.39, 0.29) is 5.91 Å². The van der Waals surface area contributed by atoms with Gasteiger partial charge in [-0.05, 0) is 30.7 Å². The van der Waals surface area contributed by atoms with Crippen molar-refractivity contribution in [3.63, 3.8) is 0 Å². The van der Waals surface area contributed by atoms with Crippen LogP contribution < -0.4 is 4.74 Å². The highest BCUT2D eigenvalue weighted by Gasteiger charge is 2.20. The molecule has 140 valence electrons. The summed E-state index contributed by atoms with van der Waals surface area (Å²) in [5.74, 6) is -0.181. The van der Waals surface area contributed by atoms with Crippen LogP contribution in [0.4, 0.5) is 4.39 Å². The third-order valence-corrected chi connectivity index (χ3v) is 4.36. The van der Waals surface area contributed by atoms with Gasteiger partial charge in [-0.2, -0.15) is 5.10 Å². The monoisotopic (exact) mass is 367 g/mol. The molecule has 0 aliphatic carbocycles. The van der Waals surface area contributed by atoms with E-state index in [2.05, 4.69) is 5.10 Å². The molecular formula is C21H22FN3O2. The Bertz CT molecular complexity index is 938. The topological polar surface area (TPSA) is 47.4 Å². The number of hydrogen-bond acceptors (Lipinski definition) is 3. The average molecular weight is 367 g/mol. The standard InChI is InChI=1S/C21H22FN3O2/c1-4-25-20(17-11-10-16(27-3)12-18(17)22)13-19(23-25)21(26)24(2)14-15-8-6-5-7-9-15/h5-13H,4,14H2,1-3H3. The van der Waals surface area contributed by atoms with Crippen molar-refractivity contribution in [2.75, 3.05) is 14.2 Å². The molecule has 0 aliphatic rings. The van der Waals surface area contributed by atoms with Crippen LogP contribution in [0.15, 0.2) is 54.6 Å². The molecule has 0 atom stereocenters. The molecule has 1 amide bonds. The molecule has 1 aromatic heterocycles. The highest BCUT2D eigenvalue weighted by atomic mass is 19.1. The fraction of sp³-hybridized carbons (Fsp3) is 0.238. The Labute approximate surface area is 158 Å². The lowest BCUT2D eigenvalue weighted by atomic mass is 10.1. The quantitative estimate of drug-likeness (QED) is 0.662. The Morgan fingerprint density at radius 3 is 2.56 bits per heavy atom. The molecular weight excluding hydrogens is 345 g/mol. The largest absolute Gasteiger partial charge is 0.497 e. The Hall–Kier alpha value is -3.15. The van der Waals surface area contributed by atoms with Crippen LogP contribution in [-0.2, 0) is 13.1 Å². The Kier molecular flexibility index (Phi) is 5.54. The predicted molar refractivity (Wildman–Crippen MR) is 102 cm³/mol.